The fraction of sp³-hybridized carbons (Fsp3) is 0.211. The Morgan fingerprint density at radius 3 is 1.86 bits per heavy atom. The van der Waals surface area contributed by atoms with Crippen molar-refractivity contribution in [1.82, 2.24) is 15.3 Å². The first-order valence-electron chi connectivity index (χ1n) is 8.43. The molecule has 152 valence electrons. The molecule has 1 fully saturated rings. The Kier molecular flexibility index (Phi) is 5.29. The highest BCUT2D eigenvalue weighted by molar-refractivity contribution is 6.22. The Bertz CT molecular complexity index is 949. The maximum Gasteiger partial charge on any atom is 0.462 e. The maximum absolute atomic E-state index is 13.5. The second kappa shape index (κ2) is 7.68. The Balaban J connectivity index is 2.18. The fourth-order valence-corrected chi connectivity index (χ4v) is 3.06. The van der Waals surface area contributed by atoms with Crippen molar-refractivity contribution in [2.45, 2.75) is 0 Å². The van der Waals surface area contributed by atoms with Crippen molar-refractivity contribution >= 4 is 23.7 Å². The zero-order valence-corrected chi connectivity index (χ0v) is 16.3. The van der Waals surface area contributed by atoms with E-state index in [2.05, 4.69) is 10.7 Å². The van der Waals surface area contributed by atoms with Crippen molar-refractivity contribution in [1.29, 1.82) is 0 Å². The van der Waals surface area contributed by atoms with Crippen molar-refractivity contribution in [3.05, 3.63) is 42.0 Å². The van der Waals surface area contributed by atoms with E-state index < -0.39 is 22.6 Å². The fourth-order valence-electron chi connectivity index (χ4n) is 3.06. The van der Waals surface area contributed by atoms with Crippen molar-refractivity contribution in [3.63, 3.8) is 0 Å². The number of imide groups is 2. The molecule has 0 aliphatic carbocycles. The first-order chi connectivity index (χ1) is 13.9. The number of methoxy groups -OCH3 is 4. The lowest BCUT2D eigenvalue weighted by atomic mass is 10.1. The number of amides is 5. The summed E-state index contributed by atoms with van der Waals surface area (Å²) < 4.78 is 19.8. The normalized spacial score (nSPS) is 17.9. The van der Waals surface area contributed by atoms with Gasteiger partial charge in [-0.1, -0.05) is 0 Å². The van der Waals surface area contributed by atoms with E-state index in [9.17, 15) is 14.4 Å². The van der Waals surface area contributed by atoms with Gasteiger partial charge < -0.3 is 18.9 Å². The summed E-state index contributed by atoms with van der Waals surface area (Å²) in [6, 6.07) is 7.35. The SMILES string of the molecule is COc1ccc([N+]2(C(=O)c3cc(OC)c(OC)c(OC)c3)NC(=O)NC2=O)cc1. The number of nitrogens with one attached hydrogen (secondary N) is 2. The molecule has 0 bridgehead atoms. The summed E-state index contributed by atoms with van der Waals surface area (Å²) in [7, 11) is 5.74. The molecule has 1 aliphatic heterocycles. The summed E-state index contributed by atoms with van der Waals surface area (Å²) in [4.78, 5) is 38.2. The molecule has 1 heterocycles. The third kappa shape index (κ3) is 3.19. The van der Waals surface area contributed by atoms with Crippen LogP contribution in [0, 0.1) is 0 Å². The molecule has 29 heavy (non-hydrogen) atoms. The molecule has 0 aromatic heterocycles. The number of rotatable bonds is 6. The van der Waals surface area contributed by atoms with Gasteiger partial charge in [0.1, 0.15) is 5.75 Å². The van der Waals surface area contributed by atoms with Gasteiger partial charge in [-0.05, 0) is 16.7 Å². The van der Waals surface area contributed by atoms with E-state index in [0.29, 0.717) is 5.75 Å². The Morgan fingerprint density at radius 1 is 0.862 bits per heavy atom. The first kappa shape index (κ1) is 20.0. The van der Waals surface area contributed by atoms with Crippen LogP contribution < -0.4 is 34.3 Å². The molecule has 3 rings (SSSR count). The number of benzene rings is 2. The molecule has 2 aromatic rings. The number of carbonyl (C=O) groups is 3. The molecule has 0 radical (unpaired) electrons. The Labute approximate surface area is 166 Å². The van der Waals surface area contributed by atoms with Gasteiger partial charge >= 0.3 is 18.0 Å². The summed E-state index contributed by atoms with van der Waals surface area (Å²) in [6.07, 6.45) is 0. The molecule has 1 unspecified atom stereocenters. The highest BCUT2D eigenvalue weighted by atomic mass is 16.5. The average molecular weight is 402 g/mol. The van der Waals surface area contributed by atoms with Crippen LogP contribution in [0.5, 0.6) is 23.0 Å². The maximum atomic E-state index is 13.5. The van der Waals surface area contributed by atoms with Crippen molar-refractivity contribution < 1.29 is 33.3 Å². The molecule has 2 N–H and O–H groups in total. The molecule has 1 atom stereocenters. The highest BCUT2D eigenvalue weighted by Crippen LogP contribution is 2.39. The van der Waals surface area contributed by atoms with Crippen LogP contribution in [0.1, 0.15) is 10.4 Å². The second-order valence-corrected chi connectivity index (χ2v) is 5.96. The standard InChI is InChI=1S/C19H19N3O7/c1-26-13-7-5-12(6-8-13)22(19(25)20-18(24)21-22)17(23)11-9-14(27-2)16(29-4)15(10-11)28-3/h5-10H,1-4H3,(H-,20,21,24,25)/p+1. The van der Waals surface area contributed by atoms with E-state index in [1.807, 2.05) is 0 Å². The Morgan fingerprint density at radius 2 is 1.45 bits per heavy atom. The first-order valence-corrected chi connectivity index (χ1v) is 8.43. The van der Waals surface area contributed by atoms with Crippen LogP contribution in [0.15, 0.2) is 36.4 Å². The Hall–Kier alpha value is -3.79. The predicted molar refractivity (Wildman–Crippen MR) is 102 cm³/mol. The van der Waals surface area contributed by atoms with Crippen molar-refractivity contribution in [2.75, 3.05) is 28.4 Å². The van der Waals surface area contributed by atoms with Crippen LogP contribution in [-0.2, 0) is 0 Å². The molecular weight excluding hydrogens is 382 g/mol. The van der Waals surface area contributed by atoms with Crippen LogP contribution in [0.4, 0.5) is 15.3 Å². The van der Waals surface area contributed by atoms with Gasteiger partial charge in [0.25, 0.3) is 0 Å². The minimum Gasteiger partial charge on any atom is -0.497 e. The third-order valence-electron chi connectivity index (χ3n) is 4.47. The van der Waals surface area contributed by atoms with Gasteiger partial charge in [-0.25, -0.2) is 19.7 Å². The minimum atomic E-state index is -1.10. The van der Waals surface area contributed by atoms with E-state index in [4.69, 9.17) is 18.9 Å². The number of urea groups is 2. The van der Waals surface area contributed by atoms with E-state index >= 15 is 0 Å². The van der Waals surface area contributed by atoms with Gasteiger partial charge in [0.05, 0.1) is 34.0 Å². The van der Waals surface area contributed by atoms with E-state index in [1.165, 1.54) is 52.7 Å². The molecule has 10 nitrogen and oxygen atoms in total. The van der Waals surface area contributed by atoms with Gasteiger partial charge in [-0.2, -0.15) is 5.43 Å². The number of ether oxygens (including phenoxy) is 4. The summed E-state index contributed by atoms with van der Waals surface area (Å²) in [5.74, 6) is 0.552. The lowest BCUT2D eigenvalue weighted by Gasteiger charge is -2.25. The predicted octanol–water partition coefficient (Wildman–Crippen LogP) is 2.22. The number of nitrogens with zero attached hydrogens (tertiary/aromatic N) is 1. The van der Waals surface area contributed by atoms with E-state index in [1.54, 1.807) is 12.1 Å². The molecular formula is C19H20N3O7+. The summed E-state index contributed by atoms with van der Waals surface area (Å²) >= 11 is 0. The number of hydrogen-bond acceptors (Lipinski definition) is 7. The molecule has 0 saturated carbocycles. The van der Waals surface area contributed by atoms with Gasteiger partial charge in [-0.3, -0.25) is 0 Å². The van der Waals surface area contributed by atoms with Gasteiger partial charge in [0.2, 0.25) is 5.75 Å². The zero-order chi connectivity index (χ0) is 21.2. The monoisotopic (exact) mass is 402 g/mol. The van der Waals surface area contributed by atoms with Crippen LogP contribution in [-0.4, -0.2) is 46.4 Å². The second-order valence-electron chi connectivity index (χ2n) is 5.96. The average Bonchev–Trinajstić information content (AvgIpc) is 3.06. The quantitative estimate of drug-likeness (QED) is 0.713. The highest BCUT2D eigenvalue weighted by Gasteiger charge is 2.56. The lowest BCUT2D eigenvalue weighted by Crippen LogP contribution is -2.62. The van der Waals surface area contributed by atoms with E-state index in [0.717, 1.165) is 0 Å². The van der Waals surface area contributed by atoms with Crippen LogP contribution >= 0.6 is 0 Å². The summed E-state index contributed by atoms with van der Waals surface area (Å²) in [5.41, 5.74) is 2.69. The van der Waals surface area contributed by atoms with E-state index in [-0.39, 0.29) is 28.5 Å². The lowest BCUT2D eigenvalue weighted by molar-refractivity contribution is 0.0784. The zero-order valence-electron chi connectivity index (χ0n) is 16.3. The smallest absolute Gasteiger partial charge is 0.462 e. The van der Waals surface area contributed by atoms with Crippen molar-refractivity contribution in [3.8, 4) is 23.0 Å². The molecule has 0 spiro atoms. The van der Waals surface area contributed by atoms with Gasteiger partial charge in [-0.15, -0.1) is 0 Å². The summed E-state index contributed by atoms with van der Waals surface area (Å²) in [6.45, 7) is 0. The molecule has 1 aliphatic rings. The third-order valence-corrected chi connectivity index (χ3v) is 4.47. The topological polar surface area (TPSA) is 112 Å². The number of hydrogen-bond donors (Lipinski definition) is 2. The molecule has 10 heteroatoms. The van der Waals surface area contributed by atoms with Crippen molar-refractivity contribution in [2.24, 2.45) is 0 Å². The number of carbonyl (C=O) groups excluding carboxylic acids is 3. The van der Waals surface area contributed by atoms with Gasteiger partial charge in [0, 0.05) is 24.3 Å². The molecule has 2 aromatic carbocycles. The van der Waals surface area contributed by atoms with Gasteiger partial charge in [0.15, 0.2) is 17.2 Å². The van der Waals surface area contributed by atoms with Crippen LogP contribution in [0.25, 0.3) is 0 Å². The number of quaternary nitrogens is 1. The summed E-state index contributed by atoms with van der Waals surface area (Å²) in [5, 5.41) is 2.11. The largest absolute Gasteiger partial charge is 0.497 e. The van der Waals surface area contributed by atoms with Crippen LogP contribution in [0.2, 0.25) is 0 Å². The molecule has 1 saturated heterocycles. The minimum absolute atomic E-state index is 0.0627. The molecule has 5 amide bonds. The van der Waals surface area contributed by atoms with Crippen LogP contribution in [0.3, 0.4) is 0 Å².